The van der Waals surface area contributed by atoms with Gasteiger partial charge < -0.3 is 10.8 Å². The molecule has 0 fully saturated rings. The second-order valence-corrected chi connectivity index (χ2v) is 2.79. The number of hydrogen-bond acceptors (Lipinski definition) is 4. The van der Waals surface area contributed by atoms with Crippen LogP contribution in [-0.2, 0) is 4.79 Å². The van der Waals surface area contributed by atoms with E-state index in [0.29, 0.717) is 5.56 Å². The van der Waals surface area contributed by atoms with Crippen molar-refractivity contribution in [2.45, 2.75) is 0 Å². The Hall–Kier alpha value is -2.37. The zero-order chi connectivity index (χ0) is 11.4. The van der Waals surface area contributed by atoms with Crippen LogP contribution in [0.5, 0.6) is 0 Å². The number of hydrogen-bond donors (Lipinski definition) is 2. The predicted octanol–water partition coefficient (Wildman–Crippen LogP) is 1.27. The van der Waals surface area contributed by atoms with Crippen LogP contribution in [0.4, 0.5) is 11.4 Å². The van der Waals surface area contributed by atoms with E-state index in [-0.39, 0.29) is 11.4 Å². The zero-order valence-corrected chi connectivity index (χ0v) is 7.58. The molecule has 0 aromatic heterocycles. The zero-order valence-electron chi connectivity index (χ0n) is 7.58. The molecular weight excluding hydrogens is 200 g/mol. The first-order chi connectivity index (χ1) is 6.99. The lowest BCUT2D eigenvalue weighted by molar-refractivity contribution is -0.384. The Morgan fingerprint density at radius 1 is 1.47 bits per heavy atom. The summed E-state index contributed by atoms with van der Waals surface area (Å²) in [5, 5.41) is 18.8. The fourth-order valence-corrected chi connectivity index (χ4v) is 1.03. The summed E-state index contributed by atoms with van der Waals surface area (Å²) in [6.45, 7) is 0. The van der Waals surface area contributed by atoms with Gasteiger partial charge in [0, 0.05) is 23.9 Å². The highest BCUT2D eigenvalue weighted by atomic mass is 16.6. The molecule has 1 aromatic rings. The number of benzene rings is 1. The number of rotatable bonds is 3. The summed E-state index contributed by atoms with van der Waals surface area (Å²) in [5.74, 6) is -1.12. The number of nitrogen functional groups attached to an aromatic ring is 1. The second-order valence-electron chi connectivity index (χ2n) is 2.79. The number of carboxylic acid groups (broad SMARTS) is 1. The molecule has 15 heavy (non-hydrogen) atoms. The average molecular weight is 208 g/mol. The molecule has 6 heteroatoms. The molecule has 0 aliphatic heterocycles. The monoisotopic (exact) mass is 208 g/mol. The maximum atomic E-state index is 10.5. The van der Waals surface area contributed by atoms with Crippen LogP contribution in [0.2, 0.25) is 0 Å². The summed E-state index contributed by atoms with van der Waals surface area (Å²) in [4.78, 5) is 20.1. The molecule has 0 amide bonds. The van der Waals surface area contributed by atoms with Crippen molar-refractivity contribution in [1.29, 1.82) is 0 Å². The van der Waals surface area contributed by atoms with Gasteiger partial charge in [-0.15, -0.1) is 0 Å². The Balaban J connectivity index is 3.09. The molecule has 0 bridgehead atoms. The van der Waals surface area contributed by atoms with E-state index in [4.69, 9.17) is 10.8 Å². The van der Waals surface area contributed by atoms with Crippen LogP contribution in [0, 0.1) is 10.1 Å². The SMILES string of the molecule is Nc1cc(/C=C/C(=O)O)cc([N+](=O)[O-])c1. The largest absolute Gasteiger partial charge is 0.478 e. The summed E-state index contributed by atoms with van der Waals surface area (Å²) in [5.41, 5.74) is 5.85. The Morgan fingerprint density at radius 3 is 2.67 bits per heavy atom. The highest BCUT2D eigenvalue weighted by molar-refractivity contribution is 5.85. The van der Waals surface area contributed by atoms with E-state index in [0.717, 1.165) is 6.08 Å². The molecule has 3 N–H and O–H groups in total. The van der Waals surface area contributed by atoms with E-state index in [1.807, 2.05) is 0 Å². The van der Waals surface area contributed by atoms with Crippen molar-refractivity contribution < 1.29 is 14.8 Å². The van der Waals surface area contributed by atoms with Gasteiger partial charge >= 0.3 is 5.97 Å². The van der Waals surface area contributed by atoms with Crippen LogP contribution in [-0.4, -0.2) is 16.0 Å². The molecule has 0 unspecified atom stereocenters. The number of anilines is 1. The number of carboxylic acids is 1. The molecule has 6 nitrogen and oxygen atoms in total. The number of nitro groups is 1. The van der Waals surface area contributed by atoms with E-state index in [1.54, 1.807) is 0 Å². The second kappa shape index (κ2) is 4.23. The first kappa shape index (κ1) is 10.7. The molecule has 1 rings (SSSR count). The molecule has 0 aliphatic carbocycles. The molecule has 0 atom stereocenters. The maximum absolute atomic E-state index is 10.5. The highest BCUT2D eigenvalue weighted by Crippen LogP contribution is 2.19. The van der Waals surface area contributed by atoms with Crippen molar-refractivity contribution >= 4 is 23.4 Å². The predicted molar refractivity (Wildman–Crippen MR) is 54.2 cm³/mol. The molecule has 0 spiro atoms. The number of carbonyl (C=O) groups is 1. The highest BCUT2D eigenvalue weighted by Gasteiger charge is 2.06. The lowest BCUT2D eigenvalue weighted by Gasteiger charge is -1.97. The minimum atomic E-state index is -1.12. The van der Waals surface area contributed by atoms with Gasteiger partial charge in [0.15, 0.2) is 0 Å². The Labute approximate surface area is 84.8 Å². The Bertz CT molecular complexity index is 440. The van der Waals surface area contributed by atoms with Gasteiger partial charge in [-0.25, -0.2) is 4.79 Å². The third-order valence-electron chi connectivity index (χ3n) is 1.59. The van der Waals surface area contributed by atoms with Crippen molar-refractivity contribution in [3.63, 3.8) is 0 Å². The third kappa shape index (κ3) is 3.11. The number of nitro benzene ring substituents is 1. The molecule has 0 heterocycles. The molecule has 78 valence electrons. The molecule has 0 aliphatic rings. The smallest absolute Gasteiger partial charge is 0.328 e. The topological polar surface area (TPSA) is 106 Å². The van der Waals surface area contributed by atoms with Gasteiger partial charge in [0.1, 0.15) is 0 Å². The fourth-order valence-electron chi connectivity index (χ4n) is 1.03. The fraction of sp³-hybridized carbons (Fsp3) is 0. The summed E-state index contributed by atoms with van der Waals surface area (Å²) in [7, 11) is 0. The van der Waals surface area contributed by atoms with E-state index >= 15 is 0 Å². The van der Waals surface area contributed by atoms with Crippen molar-refractivity contribution in [1.82, 2.24) is 0 Å². The maximum Gasteiger partial charge on any atom is 0.328 e. The molecule has 0 saturated heterocycles. The number of non-ortho nitro benzene ring substituents is 1. The van der Waals surface area contributed by atoms with E-state index < -0.39 is 10.9 Å². The standard InChI is InChI=1S/C9H8N2O4/c10-7-3-6(1-2-9(12)13)4-8(5-7)11(14)15/h1-5H,10H2,(H,12,13)/b2-1+. The molecule has 0 radical (unpaired) electrons. The van der Waals surface area contributed by atoms with Gasteiger partial charge in [0.25, 0.3) is 5.69 Å². The first-order valence-electron chi connectivity index (χ1n) is 3.95. The third-order valence-corrected chi connectivity index (χ3v) is 1.59. The number of aliphatic carboxylic acids is 1. The molecule has 0 saturated carbocycles. The van der Waals surface area contributed by atoms with E-state index in [1.165, 1.54) is 24.3 Å². The van der Waals surface area contributed by atoms with Gasteiger partial charge in [-0.2, -0.15) is 0 Å². The van der Waals surface area contributed by atoms with Gasteiger partial charge in [0.05, 0.1) is 4.92 Å². The summed E-state index contributed by atoms with van der Waals surface area (Å²) in [6, 6.07) is 3.90. The van der Waals surface area contributed by atoms with Crippen LogP contribution in [0.1, 0.15) is 5.56 Å². The van der Waals surface area contributed by atoms with Crippen LogP contribution >= 0.6 is 0 Å². The summed E-state index contributed by atoms with van der Waals surface area (Å²) in [6.07, 6.45) is 2.13. The normalized spacial score (nSPS) is 10.4. The van der Waals surface area contributed by atoms with E-state index in [9.17, 15) is 14.9 Å². The minimum absolute atomic E-state index is 0.167. The average Bonchev–Trinajstić information content (AvgIpc) is 2.13. The van der Waals surface area contributed by atoms with Crippen molar-refractivity contribution in [3.8, 4) is 0 Å². The summed E-state index contributed by atoms with van der Waals surface area (Å²) >= 11 is 0. The molecule has 1 aromatic carbocycles. The van der Waals surface area contributed by atoms with Crippen LogP contribution in [0.25, 0.3) is 6.08 Å². The quantitative estimate of drug-likeness (QED) is 0.336. The lowest BCUT2D eigenvalue weighted by Crippen LogP contribution is -1.93. The number of nitrogens with zero attached hydrogens (tertiary/aromatic N) is 1. The van der Waals surface area contributed by atoms with E-state index in [2.05, 4.69) is 0 Å². The summed E-state index contributed by atoms with van der Waals surface area (Å²) < 4.78 is 0. The Kier molecular flexibility index (Phi) is 3.02. The first-order valence-corrected chi connectivity index (χ1v) is 3.95. The van der Waals surface area contributed by atoms with Crippen LogP contribution in [0.15, 0.2) is 24.3 Å². The van der Waals surface area contributed by atoms with Gasteiger partial charge in [-0.1, -0.05) is 0 Å². The number of nitrogens with two attached hydrogens (primary N) is 1. The molecular formula is C9H8N2O4. The Morgan fingerprint density at radius 2 is 2.13 bits per heavy atom. The van der Waals surface area contributed by atoms with Gasteiger partial charge in [0.2, 0.25) is 0 Å². The minimum Gasteiger partial charge on any atom is -0.478 e. The van der Waals surface area contributed by atoms with Gasteiger partial charge in [-0.05, 0) is 17.7 Å². The van der Waals surface area contributed by atoms with Gasteiger partial charge in [-0.3, -0.25) is 10.1 Å². The van der Waals surface area contributed by atoms with Crippen molar-refractivity contribution in [2.75, 3.05) is 5.73 Å². The van der Waals surface area contributed by atoms with Crippen molar-refractivity contribution in [2.24, 2.45) is 0 Å². The van der Waals surface area contributed by atoms with Crippen LogP contribution < -0.4 is 5.73 Å². The van der Waals surface area contributed by atoms with Crippen LogP contribution in [0.3, 0.4) is 0 Å². The van der Waals surface area contributed by atoms with Crippen molar-refractivity contribution in [3.05, 3.63) is 40.0 Å². The lowest BCUT2D eigenvalue weighted by atomic mass is 10.1.